The van der Waals surface area contributed by atoms with E-state index in [2.05, 4.69) is 11.5 Å². The van der Waals surface area contributed by atoms with Crippen molar-refractivity contribution in [3.63, 3.8) is 0 Å². The smallest absolute Gasteiger partial charge is 0.146 e. The molecule has 1 saturated heterocycles. The third-order valence-corrected chi connectivity index (χ3v) is 1.54. The van der Waals surface area contributed by atoms with Crippen LogP contribution in [0.2, 0.25) is 0 Å². The van der Waals surface area contributed by atoms with Gasteiger partial charge in [0.05, 0.1) is 0 Å². The highest BCUT2D eigenvalue weighted by molar-refractivity contribution is 5.72. The largest absolute Gasteiger partial charge is 0.299 e. The highest BCUT2D eigenvalue weighted by atomic mass is 16.1. The predicted molar refractivity (Wildman–Crippen MR) is 36.3 cm³/mol. The summed E-state index contributed by atoms with van der Waals surface area (Å²) in [6, 6.07) is 0. The molecule has 1 fully saturated rings. The van der Waals surface area contributed by atoms with Gasteiger partial charge in [-0.25, -0.2) is 0 Å². The van der Waals surface area contributed by atoms with Gasteiger partial charge in [0.1, 0.15) is 6.29 Å². The van der Waals surface area contributed by atoms with Gasteiger partial charge in [0.15, 0.2) is 0 Å². The monoisotopic (exact) mass is 125 g/mol. The molecule has 1 heterocycles. The van der Waals surface area contributed by atoms with Crippen LogP contribution in [-0.4, -0.2) is 30.8 Å². The van der Waals surface area contributed by atoms with Crippen LogP contribution >= 0.6 is 0 Å². The first-order valence-electron chi connectivity index (χ1n) is 3.18. The number of aldehydes is 1. The summed E-state index contributed by atoms with van der Waals surface area (Å²) in [6.45, 7) is 6.62. The van der Waals surface area contributed by atoms with Crippen molar-refractivity contribution in [2.75, 3.05) is 19.6 Å². The van der Waals surface area contributed by atoms with Gasteiger partial charge in [-0.3, -0.25) is 9.69 Å². The Balaban J connectivity index is 2.16. The van der Waals surface area contributed by atoms with Gasteiger partial charge in [0, 0.05) is 6.54 Å². The van der Waals surface area contributed by atoms with Gasteiger partial charge < -0.3 is 0 Å². The van der Waals surface area contributed by atoms with E-state index >= 15 is 0 Å². The quantitative estimate of drug-likeness (QED) is 0.403. The van der Waals surface area contributed by atoms with Crippen LogP contribution in [0.1, 0.15) is 6.42 Å². The van der Waals surface area contributed by atoms with E-state index in [-0.39, 0.29) is 0 Å². The lowest BCUT2D eigenvalue weighted by molar-refractivity contribution is -0.105. The van der Waals surface area contributed by atoms with Gasteiger partial charge in [-0.05, 0) is 25.1 Å². The van der Waals surface area contributed by atoms with Gasteiger partial charge >= 0.3 is 0 Å². The van der Waals surface area contributed by atoms with Crippen molar-refractivity contribution in [2.45, 2.75) is 6.42 Å². The highest BCUT2D eigenvalue weighted by Crippen LogP contribution is 2.06. The molecule has 0 unspecified atom stereocenters. The maximum atomic E-state index is 10.1. The van der Waals surface area contributed by atoms with Crippen molar-refractivity contribution in [2.24, 2.45) is 0 Å². The summed E-state index contributed by atoms with van der Waals surface area (Å²) in [5, 5.41) is 0. The third-order valence-electron chi connectivity index (χ3n) is 1.54. The molecule has 1 aliphatic heterocycles. The fourth-order valence-electron chi connectivity index (χ4n) is 0.864. The van der Waals surface area contributed by atoms with Crippen molar-refractivity contribution in [3.05, 3.63) is 12.2 Å². The minimum atomic E-state index is 0.690. The molecule has 2 heteroatoms. The third kappa shape index (κ3) is 1.64. The number of nitrogens with zero attached hydrogens (tertiary/aromatic N) is 1. The Morgan fingerprint density at radius 3 is 2.67 bits per heavy atom. The summed E-state index contributed by atoms with van der Waals surface area (Å²) in [6.07, 6.45) is 2.10. The molecular formula is C7H11NO. The molecule has 1 aliphatic rings. The van der Waals surface area contributed by atoms with E-state index in [4.69, 9.17) is 0 Å². The normalized spacial score (nSPS) is 18.7. The van der Waals surface area contributed by atoms with E-state index < -0.39 is 0 Å². The molecule has 0 saturated carbocycles. The molecule has 0 aromatic rings. The standard InChI is InChI=1S/C7H11NO/c1-7(6-9)5-8-3-2-4-8/h6H,1-5H2. The molecule has 0 atom stereocenters. The Kier molecular flexibility index (Phi) is 2.01. The summed E-state index contributed by atoms with van der Waals surface area (Å²) < 4.78 is 0. The minimum Gasteiger partial charge on any atom is -0.299 e. The van der Waals surface area contributed by atoms with Crippen LogP contribution in [0.25, 0.3) is 0 Å². The second-order valence-corrected chi connectivity index (χ2v) is 2.41. The summed E-state index contributed by atoms with van der Waals surface area (Å²) in [5.41, 5.74) is 0.690. The summed E-state index contributed by atoms with van der Waals surface area (Å²) in [4.78, 5) is 12.3. The zero-order valence-corrected chi connectivity index (χ0v) is 5.47. The first-order valence-corrected chi connectivity index (χ1v) is 3.18. The van der Waals surface area contributed by atoms with Gasteiger partial charge in [-0.1, -0.05) is 6.58 Å². The fraction of sp³-hybridized carbons (Fsp3) is 0.571. The zero-order chi connectivity index (χ0) is 6.69. The Hall–Kier alpha value is -0.630. The van der Waals surface area contributed by atoms with Crippen molar-refractivity contribution in [1.29, 1.82) is 0 Å². The topological polar surface area (TPSA) is 20.3 Å². The Morgan fingerprint density at radius 2 is 2.33 bits per heavy atom. The van der Waals surface area contributed by atoms with Crippen LogP contribution in [0.3, 0.4) is 0 Å². The molecule has 0 aromatic heterocycles. The maximum absolute atomic E-state index is 10.1. The number of hydrogen-bond acceptors (Lipinski definition) is 2. The summed E-state index contributed by atoms with van der Waals surface area (Å²) in [7, 11) is 0. The van der Waals surface area contributed by atoms with E-state index in [1.54, 1.807) is 0 Å². The molecule has 9 heavy (non-hydrogen) atoms. The van der Waals surface area contributed by atoms with Crippen LogP contribution in [0.15, 0.2) is 12.2 Å². The number of carbonyl (C=O) groups excluding carboxylic acids is 1. The average Bonchev–Trinajstić information content (AvgIpc) is 1.78. The summed E-state index contributed by atoms with van der Waals surface area (Å²) in [5.74, 6) is 0. The molecule has 0 bridgehead atoms. The molecule has 0 amide bonds. The zero-order valence-electron chi connectivity index (χ0n) is 5.47. The Morgan fingerprint density at radius 1 is 1.67 bits per heavy atom. The van der Waals surface area contributed by atoms with Crippen molar-refractivity contribution in [3.8, 4) is 0 Å². The van der Waals surface area contributed by atoms with Crippen LogP contribution in [0.5, 0.6) is 0 Å². The molecule has 0 aliphatic carbocycles. The number of rotatable bonds is 3. The van der Waals surface area contributed by atoms with Crippen LogP contribution in [0, 0.1) is 0 Å². The van der Waals surface area contributed by atoms with Gasteiger partial charge in [-0.15, -0.1) is 0 Å². The van der Waals surface area contributed by atoms with E-state index in [9.17, 15) is 4.79 Å². The Labute approximate surface area is 55.2 Å². The lowest BCUT2D eigenvalue weighted by atomic mass is 10.2. The van der Waals surface area contributed by atoms with Crippen molar-refractivity contribution in [1.82, 2.24) is 4.90 Å². The maximum Gasteiger partial charge on any atom is 0.146 e. The highest BCUT2D eigenvalue weighted by Gasteiger charge is 2.13. The second-order valence-electron chi connectivity index (χ2n) is 2.41. The lowest BCUT2D eigenvalue weighted by Crippen LogP contribution is -2.38. The molecular weight excluding hydrogens is 114 g/mol. The van der Waals surface area contributed by atoms with Gasteiger partial charge in [0.2, 0.25) is 0 Å². The fourth-order valence-corrected chi connectivity index (χ4v) is 0.864. The van der Waals surface area contributed by atoms with E-state index in [1.807, 2.05) is 0 Å². The van der Waals surface area contributed by atoms with E-state index in [0.29, 0.717) is 5.57 Å². The van der Waals surface area contributed by atoms with Gasteiger partial charge in [0.25, 0.3) is 0 Å². The lowest BCUT2D eigenvalue weighted by Gasteiger charge is -2.30. The molecule has 0 aromatic carbocycles. The van der Waals surface area contributed by atoms with E-state index in [0.717, 1.165) is 25.9 Å². The molecule has 50 valence electrons. The van der Waals surface area contributed by atoms with Gasteiger partial charge in [-0.2, -0.15) is 0 Å². The minimum absolute atomic E-state index is 0.690. The average molecular weight is 125 g/mol. The Bertz CT molecular complexity index is 127. The predicted octanol–water partition coefficient (Wildman–Crippen LogP) is 0.447. The molecule has 0 N–H and O–H groups in total. The molecule has 0 radical (unpaired) electrons. The number of carbonyl (C=O) groups is 1. The van der Waals surface area contributed by atoms with Crippen molar-refractivity contribution >= 4 is 6.29 Å². The van der Waals surface area contributed by atoms with Crippen LogP contribution in [0.4, 0.5) is 0 Å². The SMILES string of the molecule is C=C(C=O)CN1CCC1. The molecule has 2 nitrogen and oxygen atoms in total. The van der Waals surface area contributed by atoms with Crippen molar-refractivity contribution < 1.29 is 4.79 Å². The molecule has 1 rings (SSSR count). The first-order chi connectivity index (χ1) is 4.33. The first kappa shape index (κ1) is 6.49. The second kappa shape index (κ2) is 2.78. The number of likely N-dealkylation sites (tertiary alicyclic amines) is 1. The van der Waals surface area contributed by atoms with E-state index in [1.165, 1.54) is 6.42 Å². The van der Waals surface area contributed by atoms with Crippen LogP contribution in [-0.2, 0) is 4.79 Å². The molecule has 0 spiro atoms. The number of hydrogen-bond donors (Lipinski definition) is 0. The van der Waals surface area contributed by atoms with Crippen LogP contribution < -0.4 is 0 Å². The summed E-state index contributed by atoms with van der Waals surface area (Å²) >= 11 is 0.